The van der Waals surface area contributed by atoms with Crippen molar-refractivity contribution < 1.29 is 9.13 Å². The van der Waals surface area contributed by atoms with Crippen LogP contribution in [0.2, 0.25) is 0 Å². The molecule has 0 aliphatic heterocycles. The number of methoxy groups -OCH3 is 1. The second kappa shape index (κ2) is 7.51. The molecule has 2 N–H and O–H groups in total. The Balaban J connectivity index is 1.98. The Bertz CT molecular complexity index is 703. The van der Waals surface area contributed by atoms with E-state index < -0.39 is 0 Å². The number of anilines is 1. The molecular formula is C16H16FN3OS. The number of hydrogen-bond acceptors (Lipinski definition) is 3. The number of ether oxygens (including phenoxy) is 1. The van der Waals surface area contributed by atoms with Crippen LogP contribution in [0.5, 0.6) is 5.75 Å². The minimum Gasteiger partial charge on any atom is -0.497 e. The average molecular weight is 317 g/mol. The van der Waals surface area contributed by atoms with Crippen molar-refractivity contribution >= 4 is 28.7 Å². The van der Waals surface area contributed by atoms with Gasteiger partial charge in [0.1, 0.15) is 11.6 Å². The van der Waals surface area contributed by atoms with Crippen LogP contribution in [0.25, 0.3) is 0 Å². The fraction of sp³-hybridized carbons (Fsp3) is 0.125. The van der Waals surface area contributed by atoms with E-state index >= 15 is 0 Å². The van der Waals surface area contributed by atoms with Crippen LogP contribution in [0, 0.1) is 5.82 Å². The maximum Gasteiger partial charge on any atom is 0.191 e. The van der Waals surface area contributed by atoms with Gasteiger partial charge in [-0.05, 0) is 43.4 Å². The van der Waals surface area contributed by atoms with Crippen LogP contribution < -0.4 is 15.5 Å². The van der Waals surface area contributed by atoms with Crippen molar-refractivity contribution in [3.63, 3.8) is 0 Å². The first-order valence-corrected chi connectivity index (χ1v) is 7.00. The van der Waals surface area contributed by atoms with Gasteiger partial charge >= 0.3 is 0 Å². The van der Waals surface area contributed by atoms with E-state index in [4.69, 9.17) is 17.0 Å². The molecule has 0 amide bonds. The first kappa shape index (κ1) is 15.9. The van der Waals surface area contributed by atoms with Crippen molar-refractivity contribution in [2.24, 2.45) is 5.10 Å². The van der Waals surface area contributed by atoms with Crippen molar-refractivity contribution in [3.8, 4) is 5.75 Å². The van der Waals surface area contributed by atoms with Gasteiger partial charge in [0.2, 0.25) is 0 Å². The van der Waals surface area contributed by atoms with E-state index in [1.165, 1.54) is 12.1 Å². The molecule has 0 fully saturated rings. The van der Waals surface area contributed by atoms with Gasteiger partial charge in [-0.15, -0.1) is 0 Å². The summed E-state index contributed by atoms with van der Waals surface area (Å²) in [5, 5.41) is 7.47. The lowest BCUT2D eigenvalue weighted by Gasteiger charge is -2.09. The van der Waals surface area contributed by atoms with Crippen LogP contribution in [-0.2, 0) is 0 Å². The van der Waals surface area contributed by atoms with Gasteiger partial charge < -0.3 is 10.1 Å². The standard InChI is InChI=1S/C16H16FN3OS/c1-11(12-5-3-6-13(17)9-12)19-20-16(22)18-14-7-4-8-15(10-14)21-2/h3-10H,1-2H3,(H2,18,20,22)/b19-11+. The summed E-state index contributed by atoms with van der Waals surface area (Å²) in [4.78, 5) is 0. The molecule has 6 heteroatoms. The maximum absolute atomic E-state index is 13.2. The van der Waals surface area contributed by atoms with Gasteiger partial charge in [0.25, 0.3) is 0 Å². The maximum atomic E-state index is 13.2. The lowest BCUT2D eigenvalue weighted by Crippen LogP contribution is -2.25. The van der Waals surface area contributed by atoms with E-state index in [2.05, 4.69) is 15.8 Å². The number of hydrogen-bond donors (Lipinski definition) is 2. The van der Waals surface area contributed by atoms with Crippen molar-refractivity contribution in [1.29, 1.82) is 0 Å². The highest BCUT2D eigenvalue weighted by Crippen LogP contribution is 2.16. The van der Waals surface area contributed by atoms with Gasteiger partial charge in [-0.2, -0.15) is 5.10 Å². The molecule has 0 atom stereocenters. The van der Waals surface area contributed by atoms with Gasteiger partial charge in [-0.1, -0.05) is 18.2 Å². The Kier molecular flexibility index (Phi) is 5.43. The van der Waals surface area contributed by atoms with Crippen molar-refractivity contribution in [1.82, 2.24) is 5.43 Å². The van der Waals surface area contributed by atoms with Gasteiger partial charge in [0, 0.05) is 17.3 Å². The number of halogens is 1. The quantitative estimate of drug-likeness (QED) is 0.514. The molecule has 0 unspecified atom stereocenters. The summed E-state index contributed by atoms with van der Waals surface area (Å²) in [5.74, 6) is 0.427. The summed E-state index contributed by atoms with van der Waals surface area (Å²) in [6.45, 7) is 1.77. The predicted octanol–water partition coefficient (Wildman–Crippen LogP) is 3.54. The van der Waals surface area contributed by atoms with E-state index in [1.807, 2.05) is 24.3 Å². The minimum absolute atomic E-state index is 0.302. The summed E-state index contributed by atoms with van der Waals surface area (Å²) in [7, 11) is 1.60. The molecule has 2 rings (SSSR count). The third-order valence-corrected chi connectivity index (χ3v) is 3.09. The number of thiocarbonyl (C=S) groups is 1. The smallest absolute Gasteiger partial charge is 0.191 e. The van der Waals surface area contributed by atoms with Crippen molar-refractivity contribution in [2.45, 2.75) is 6.92 Å². The van der Waals surface area contributed by atoms with E-state index in [0.29, 0.717) is 16.4 Å². The monoisotopic (exact) mass is 317 g/mol. The lowest BCUT2D eigenvalue weighted by molar-refractivity contribution is 0.415. The molecule has 4 nitrogen and oxygen atoms in total. The van der Waals surface area contributed by atoms with Crippen LogP contribution >= 0.6 is 12.2 Å². The van der Waals surface area contributed by atoms with Crippen LogP contribution in [0.4, 0.5) is 10.1 Å². The predicted molar refractivity (Wildman–Crippen MR) is 91.0 cm³/mol. The van der Waals surface area contributed by atoms with E-state index in [0.717, 1.165) is 11.4 Å². The van der Waals surface area contributed by atoms with Gasteiger partial charge in [0.05, 0.1) is 12.8 Å². The lowest BCUT2D eigenvalue weighted by atomic mass is 10.1. The van der Waals surface area contributed by atoms with Crippen LogP contribution in [0.1, 0.15) is 12.5 Å². The summed E-state index contributed by atoms with van der Waals surface area (Å²) < 4.78 is 18.3. The Morgan fingerprint density at radius 2 is 1.95 bits per heavy atom. The SMILES string of the molecule is COc1cccc(NC(=S)N/N=C(\C)c2cccc(F)c2)c1. The topological polar surface area (TPSA) is 45.6 Å². The largest absolute Gasteiger partial charge is 0.497 e. The van der Waals surface area contributed by atoms with Crippen molar-refractivity contribution in [3.05, 3.63) is 59.9 Å². The fourth-order valence-electron chi connectivity index (χ4n) is 1.77. The van der Waals surface area contributed by atoms with Gasteiger partial charge in [0.15, 0.2) is 5.11 Å². The molecule has 0 saturated heterocycles. The number of nitrogens with one attached hydrogen (secondary N) is 2. The zero-order valence-electron chi connectivity index (χ0n) is 12.3. The molecule has 0 radical (unpaired) electrons. The normalized spacial score (nSPS) is 11.0. The highest BCUT2D eigenvalue weighted by molar-refractivity contribution is 7.80. The fourth-order valence-corrected chi connectivity index (χ4v) is 1.94. The van der Waals surface area contributed by atoms with Crippen LogP contribution in [0.3, 0.4) is 0 Å². The number of benzene rings is 2. The molecule has 114 valence electrons. The number of rotatable bonds is 4. The van der Waals surface area contributed by atoms with Crippen LogP contribution in [0.15, 0.2) is 53.6 Å². The molecule has 0 aliphatic rings. The second-order valence-corrected chi connectivity index (χ2v) is 4.91. The first-order valence-electron chi connectivity index (χ1n) is 6.60. The first-order chi connectivity index (χ1) is 10.6. The number of hydrazone groups is 1. The molecule has 2 aromatic rings. The Labute approximate surface area is 134 Å². The molecule has 0 aromatic heterocycles. The molecule has 0 saturated carbocycles. The highest BCUT2D eigenvalue weighted by atomic mass is 32.1. The summed E-state index contributed by atoms with van der Waals surface area (Å²) in [5.41, 5.74) is 4.84. The second-order valence-electron chi connectivity index (χ2n) is 4.51. The van der Waals surface area contributed by atoms with E-state index in [9.17, 15) is 4.39 Å². The molecule has 2 aromatic carbocycles. The van der Waals surface area contributed by atoms with E-state index in [1.54, 1.807) is 26.2 Å². The molecular weight excluding hydrogens is 301 g/mol. The highest BCUT2D eigenvalue weighted by Gasteiger charge is 2.01. The third kappa shape index (κ3) is 4.53. The Hall–Kier alpha value is -2.47. The van der Waals surface area contributed by atoms with Gasteiger partial charge in [-0.3, -0.25) is 5.43 Å². The summed E-state index contributed by atoms with van der Waals surface area (Å²) >= 11 is 5.17. The molecule has 22 heavy (non-hydrogen) atoms. The molecule has 0 aliphatic carbocycles. The van der Waals surface area contributed by atoms with Crippen LogP contribution in [-0.4, -0.2) is 17.9 Å². The Morgan fingerprint density at radius 3 is 2.68 bits per heavy atom. The summed E-state index contributed by atoms with van der Waals surface area (Å²) in [6, 6.07) is 13.6. The molecule has 0 heterocycles. The number of nitrogens with zero attached hydrogens (tertiary/aromatic N) is 1. The Morgan fingerprint density at radius 1 is 1.18 bits per heavy atom. The zero-order chi connectivity index (χ0) is 15.9. The molecule has 0 spiro atoms. The third-order valence-electron chi connectivity index (χ3n) is 2.90. The molecule has 0 bridgehead atoms. The average Bonchev–Trinajstić information content (AvgIpc) is 2.52. The van der Waals surface area contributed by atoms with Gasteiger partial charge in [-0.25, -0.2) is 4.39 Å². The zero-order valence-corrected chi connectivity index (χ0v) is 13.1. The van der Waals surface area contributed by atoms with Crippen molar-refractivity contribution in [2.75, 3.05) is 12.4 Å². The summed E-state index contributed by atoms with van der Waals surface area (Å²) in [6.07, 6.45) is 0. The van der Waals surface area contributed by atoms with E-state index in [-0.39, 0.29) is 5.82 Å². The minimum atomic E-state index is -0.302.